The third-order valence-electron chi connectivity index (χ3n) is 7.30. The SMILES string of the molecule is COc1cc(OC)c(F)c(N2Cc3cnc(NC4CCC(O)CC4)nc3N(C3CCCC3)C2=O)c1. The van der Waals surface area contributed by atoms with E-state index in [-0.39, 0.29) is 42.2 Å². The fraction of sp³-hybridized carbons (Fsp3) is 0.560. The normalized spacial score (nSPS) is 22.8. The number of carbonyl (C=O) groups is 1. The van der Waals surface area contributed by atoms with Gasteiger partial charge in [0.25, 0.3) is 0 Å². The molecule has 0 atom stereocenters. The summed E-state index contributed by atoms with van der Waals surface area (Å²) in [5, 5.41) is 13.2. The summed E-state index contributed by atoms with van der Waals surface area (Å²) in [5.74, 6) is 0.858. The van der Waals surface area contributed by atoms with Gasteiger partial charge in [-0.15, -0.1) is 0 Å². The van der Waals surface area contributed by atoms with Crippen LogP contribution in [0.4, 0.5) is 26.6 Å². The summed E-state index contributed by atoms with van der Waals surface area (Å²) in [6, 6.07) is 2.84. The first-order chi connectivity index (χ1) is 17.0. The molecule has 35 heavy (non-hydrogen) atoms. The molecule has 2 saturated carbocycles. The second kappa shape index (κ2) is 9.85. The van der Waals surface area contributed by atoms with Crippen LogP contribution in [0.1, 0.15) is 56.9 Å². The van der Waals surface area contributed by atoms with Crippen molar-refractivity contribution >= 4 is 23.5 Å². The molecule has 2 amide bonds. The molecule has 5 rings (SSSR count). The monoisotopic (exact) mass is 485 g/mol. The predicted octanol–water partition coefficient (Wildman–Crippen LogP) is 4.24. The highest BCUT2D eigenvalue weighted by molar-refractivity contribution is 6.06. The minimum atomic E-state index is -0.616. The molecule has 0 bridgehead atoms. The molecule has 2 heterocycles. The van der Waals surface area contributed by atoms with Gasteiger partial charge in [0.2, 0.25) is 5.95 Å². The van der Waals surface area contributed by atoms with Crippen LogP contribution in [-0.4, -0.2) is 53.5 Å². The predicted molar refractivity (Wildman–Crippen MR) is 130 cm³/mol. The van der Waals surface area contributed by atoms with Crippen LogP contribution in [0.15, 0.2) is 18.3 Å². The molecule has 2 fully saturated rings. The molecule has 188 valence electrons. The number of nitrogens with zero attached hydrogens (tertiary/aromatic N) is 4. The van der Waals surface area contributed by atoms with Crippen molar-refractivity contribution in [2.75, 3.05) is 29.3 Å². The highest BCUT2D eigenvalue weighted by Crippen LogP contribution is 2.40. The van der Waals surface area contributed by atoms with E-state index in [2.05, 4.69) is 10.3 Å². The van der Waals surface area contributed by atoms with Crippen LogP contribution >= 0.6 is 0 Å². The highest BCUT2D eigenvalue weighted by atomic mass is 19.1. The molecule has 9 nitrogen and oxygen atoms in total. The zero-order valence-corrected chi connectivity index (χ0v) is 20.2. The van der Waals surface area contributed by atoms with Gasteiger partial charge >= 0.3 is 6.03 Å². The molecular formula is C25H32FN5O4. The van der Waals surface area contributed by atoms with E-state index in [4.69, 9.17) is 14.5 Å². The van der Waals surface area contributed by atoms with E-state index >= 15 is 4.39 Å². The zero-order valence-electron chi connectivity index (χ0n) is 20.2. The van der Waals surface area contributed by atoms with E-state index in [1.165, 1.54) is 31.3 Å². The summed E-state index contributed by atoms with van der Waals surface area (Å²) in [7, 11) is 2.87. The molecule has 3 aliphatic rings. The molecular weight excluding hydrogens is 453 g/mol. The summed E-state index contributed by atoms with van der Waals surface area (Å²) in [4.78, 5) is 26.3. The highest BCUT2D eigenvalue weighted by Gasteiger charge is 2.40. The Morgan fingerprint density at radius 2 is 1.83 bits per heavy atom. The third kappa shape index (κ3) is 4.59. The van der Waals surface area contributed by atoms with Gasteiger partial charge in [0, 0.05) is 36.0 Å². The van der Waals surface area contributed by atoms with Crippen molar-refractivity contribution in [3.8, 4) is 11.5 Å². The Labute approximate surface area is 204 Å². The van der Waals surface area contributed by atoms with Crippen LogP contribution in [0.3, 0.4) is 0 Å². The van der Waals surface area contributed by atoms with Crippen molar-refractivity contribution in [3.05, 3.63) is 29.7 Å². The number of hydrogen-bond acceptors (Lipinski definition) is 7. The van der Waals surface area contributed by atoms with Crippen LogP contribution in [0, 0.1) is 5.82 Å². The van der Waals surface area contributed by atoms with E-state index in [9.17, 15) is 9.90 Å². The molecule has 10 heteroatoms. The molecule has 2 aromatic rings. The van der Waals surface area contributed by atoms with Crippen LogP contribution in [0.5, 0.6) is 11.5 Å². The third-order valence-corrected chi connectivity index (χ3v) is 7.30. The van der Waals surface area contributed by atoms with E-state index in [0.29, 0.717) is 17.5 Å². The number of nitrogens with one attached hydrogen (secondary N) is 1. The molecule has 1 aromatic heterocycles. The largest absolute Gasteiger partial charge is 0.497 e. The topological polar surface area (TPSA) is 100 Å². The van der Waals surface area contributed by atoms with Gasteiger partial charge in [0.15, 0.2) is 11.6 Å². The quantitative estimate of drug-likeness (QED) is 0.631. The van der Waals surface area contributed by atoms with Crippen LogP contribution in [-0.2, 0) is 6.54 Å². The van der Waals surface area contributed by atoms with Crippen LogP contribution in [0.25, 0.3) is 0 Å². The molecule has 0 saturated heterocycles. The number of rotatable bonds is 6. The Hall–Kier alpha value is -3.14. The fourth-order valence-corrected chi connectivity index (χ4v) is 5.35. The minimum absolute atomic E-state index is 0.00723. The molecule has 1 aliphatic heterocycles. The van der Waals surface area contributed by atoms with E-state index < -0.39 is 5.82 Å². The first-order valence-electron chi connectivity index (χ1n) is 12.3. The molecule has 2 N–H and O–H groups in total. The summed E-state index contributed by atoms with van der Waals surface area (Å²) >= 11 is 0. The van der Waals surface area contributed by atoms with Crippen LogP contribution < -0.4 is 24.6 Å². The van der Waals surface area contributed by atoms with Crippen molar-refractivity contribution in [1.29, 1.82) is 0 Å². The fourth-order valence-electron chi connectivity index (χ4n) is 5.35. The number of halogens is 1. The van der Waals surface area contributed by atoms with Crippen molar-refractivity contribution < 1.29 is 23.8 Å². The van der Waals surface area contributed by atoms with E-state index in [1.807, 2.05) is 0 Å². The lowest BCUT2D eigenvalue weighted by Gasteiger charge is -2.39. The first kappa shape index (κ1) is 23.6. The molecule has 1 aromatic carbocycles. The number of ether oxygens (including phenoxy) is 2. The number of benzene rings is 1. The number of aliphatic hydroxyl groups is 1. The number of anilines is 3. The zero-order chi connectivity index (χ0) is 24.5. The summed E-state index contributed by atoms with van der Waals surface area (Å²) in [6.07, 6.45) is 8.48. The lowest BCUT2D eigenvalue weighted by atomic mass is 9.93. The Kier molecular flexibility index (Phi) is 6.64. The number of urea groups is 1. The van der Waals surface area contributed by atoms with Crippen molar-refractivity contribution in [3.63, 3.8) is 0 Å². The van der Waals surface area contributed by atoms with E-state index in [1.54, 1.807) is 11.1 Å². The van der Waals surface area contributed by atoms with Crippen molar-refractivity contribution in [1.82, 2.24) is 9.97 Å². The molecule has 0 radical (unpaired) electrons. The maximum absolute atomic E-state index is 15.3. The molecule has 0 spiro atoms. The van der Waals surface area contributed by atoms with Gasteiger partial charge in [-0.25, -0.2) is 14.2 Å². The van der Waals surface area contributed by atoms with Gasteiger partial charge in [-0.3, -0.25) is 9.80 Å². The van der Waals surface area contributed by atoms with Gasteiger partial charge in [0.05, 0.1) is 32.6 Å². The number of carbonyl (C=O) groups excluding carboxylic acids is 1. The summed E-state index contributed by atoms with van der Waals surface area (Å²) in [6.45, 7) is 0.139. The number of aliphatic hydroxyl groups excluding tert-OH is 1. The van der Waals surface area contributed by atoms with Gasteiger partial charge in [-0.2, -0.15) is 4.98 Å². The first-order valence-corrected chi connectivity index (χ1v) is 12.3. The smallest absolute Gasteiger partial charge is 0.330 e. The summed E-state index contributed by atoms with van der Waals surface area (Å²) < 4.78 is 25.8. The van der Waals surface area contributed by atoms with Gasteiger partial charge in [0.1, 0.15) is 11.6 Å². The van der Waals surface area contributed by atoms with Crippen molar-refractivity contribution in [2.45, 2.75) is 76.1 Å². The number of methoxy groups -OCH3 is 2. The van der Waals surface area contributed by atoms with Gasteiger partial charge in [-0.05, 0) is 38.5 Å². The Morgan fingerprint density at radius 3 is 2.51 bits per heavy atom. The van der Waals surface area contributed by atoms with Gasteiger partial charge in [-0.1, -0.05) is 12.8 Å². The van der Waals surface area contributed by atoms with Crippen molar-refractivity contribution in [2.24, 2.45) is 0 Å². The standard InChI is InChI=1S/C25H32FN5O4/c1-34-19-11-20(22(26)21(12-19)35-2)30-14-15-13-27-24(28-16-7-9-18(32)10-8-16)29-23(15)31(25(30)33)17-5-3-4-6-17/h11-13,16-18,32H,3-10,14H2,1-2H3,(H,27,28,29). The molecule has 2 aliphatic carbocycles. The number of aromatic nitrogens is 2. The number of fused-ring (bicyclic) bond motifs is 1. The second-order valence-electron chi connectivity index (χ2n) is 9.53. The Bertz CT molecular complexity index is 1090. The van der Waals surface area contributed by atoms with Crippen LogP contribution in [0.2, 0.25) is 0 Å². The lowest BCUT2D eigenvalue weighted by Crippen LogP contribution is -2.52. The maximum atomic E-state index is 15.3. The number of hydrogen-bond donors (Lipinski definition) is 2. The average Bonchev–Trinajstić information content (AvgIpc) is 3.40. The van der Waals surface area contributed by atoms with Gasteiger partial charge < -0.3 is 19.9 Å². The number of amides is 2. The lowest BCUT2D eigenvalue weighted by molar-refractivity contribution is 0.126. The Morgan fingerprint density at radius 1 is 1.09 bits per heavy atom. The Balaban J connectivity index is 1.50. The second-order valence-corrected chi connectivity index (χ2v) is 9.53. The van der Waals surface area contributed by atoms with E-state index in [0.717, 1.165) is 56.9 Å². The summed E-state index contributed by atoms with van der Waals surface area (Å²) in [5.41, 5.74) is 0.852. The molecule has 0 unspecified atom stereocenters. The minimum Gasteiger partial charge on any atom is -0.497 e. The average molecular weight is 486 g/mol. The maximum Gasteiger partial charge on any atom is 0.330 e.